The molecule has 1 aliphatic carbocycles. The summed E-state index contributed by atoms with van der Waals surface area (Å²) in [6, 6.07) is 0. The van der Waals surface area contributed by atoms with Crippen LogP contribution in [0, 0.1) is 5.92 Å². The van der Waals surface area contributed by atoms with Gasteiger partial charge < -0.3 is 5.32 Å². The van der Waals surface area contributed by atoms with Gasteiger partial charge in [0.15, 0.2) is 0 Å². The first-order valence-corrected chi connectivity index (χ1v) is 6.59. The van der Waals surface area contributed by atoms with Gasteiger partial charge in [-0.2, -0.15) is 5.10 Å². The number of nitrogens with zero attached hydrogens (tertiary/aromatic N) is 2. The SMILES string of the molecule is CCn1ncc(NCCCC2CC2)c(Cl)c1=O. The smallest absolute Gasteiger partial charge is 0.287 e. The second kappa shape index (κ2) is 5.54. The lowest BCUT2D eigenvalue weighted by Crippen LogP contribution is -2.23. The van der Waals surface area contributed by atoms with E-state index in [0.717, 1.165) is 18.9 Å². The van der Waals surface area contributed by atoms with Gasteiger partial charge in [0.05, 0.1) is 11.9 Å². The third-order valence-corrected chi connectivity index (χ3v) is 3.45. The minimum Gasteiger partial charge on any atom is -0.382 e. The summed E-state index contributed by atoms with van der Waals surface area (Å²) in [5.41, 5.74) is 0.429. The molecule has 1 N–H and O–H groups in total. The zero-order chi connectivity index (χ0) is 12.3. The Hall–Kier alpha value is -1.03. The van der Waals surface area contributed by atoms with Crippen LogP contribution in [0.25, 0.3) is 0 Å². The number of hydrogen-bond donors (Lipinski definition) is 1. The lowest BCUT2D eigenvalue weighted by atomic mass is 10.2. The van der Waals surface area contributed by atoms with Gasteiger partial charge in [0, 0.05) is 13.1 Å². The topological polar surface area (TPSA) is 46.9 Å². The maximum atomic E-state index is 11.7. The van der Waals surface area contributed by atoms with Gasteiger partial charge >= 0.3 is 0 Å². The van der Waals surface area contributed by atoms with E-state index in [4.69, 9.17) is 11.6 Å². The van der Waals surface area contributed by atoms with Crippen molar-refractivity contribution < 1.29 is 0 Å². The molecule has 2 rings (SSSR count). The largest absolute Gasteiger partial charge is 0.382 e. The lowest BCUT2D eigenvalue weighted by molar-refractivity contribution is 0.615. The van der Waals surface area contributed by atoms with Crippen molar-refractivity contribution in [2.24, 2.45) is 5.92 Å². The average Bonchev–Trinajstić information content (AvgIpc) is 3.14. The fraction of sp³-hybridized carbons (Fsp3) is 0.667. The minimum atomic E-state index is -0.221. The molecule has 0 amide bonds. The van der Waals surface area contributed by atoms with E-state index in [2.05, 4.69) is 10.4 Å². The summed E-state index contributed by atoms with van der Waals surface area (Å²) in [7, 11) is 0. The van der Waals surface area contributed by atoms with Crippen molar-refractivity contribution in [3.05, 3.63) is 21.6 Å². The molecule has 0 atom stereocenters. The Kier molecular flexibility index (Phi) is 4.05. The number of nitrogens with one attached hydrogen (secondary N) is 1. The van der Waals surface area contributed by atoms with Gasteiger partial charge in [-0.3, -0.25) is 4.79 Å². The Morgan fingerprint density at radius 3 is 3.00 bits per heavy atom. The van der Waals surface area contributed by atoms with Gasteiger partial charge in [-0.15, -0.1) is 0 Å². The molecule has 0 bridgehead atoms. The first-order valence-electron chi connectivity index (χ1n) is 6.22. The fourth-order valence-electron chi connectivity index (χ4n) is 1.83. The van der Waals surface area contributed by atoms with Gasteiger partial charge in [0.1, 0.15) is 5.02 Å². The van der Waals surface area contributed by atoms with Crippen LogP contribution in [0.5, 0.6) is 0 Å². The van der Waals surface area contributed by atoms with Gasteiger partial charge in [-0.05, 0) is 25.7 Å². The predicted molar refractivity (Wildman–Crippen MR) is 69.6 cm³/mol. The number of anilines is 1. The van der Waals surface area contributed by atoms with E-state index in [9.17, 15) is 4.79 Å². The molecule has 4 nitrogen and oxygen atoms in total. The molecule has 0 spiro atoms. The molecule has 0 saturated heterocycles. The van der Waals surface area contributed by atoms with E-state index in [1.54, 1.807) is 6.20 Å². The van der Waals surface area contributed by atoms with E-state index in [-0.39, 0.29) is 10.6 Å². The summed E-state index contributed by atoms with van der Waals surface area (Å²) in [4.78, 5) is 11.7. The second-order valence-corrected chi connectivity index (χ2v) is 4.88. The summed E-state index contributed by atoms with van der Waals surface area (Å²) in [5.74, 6) is 0.943. The Balaban J connectivity index is 1.91. The highest BCUT2D eigenvalue weighted by atomic mass is 35.5. The zero-order valence-corrected chi connectivity index (χ0v) is 10.8. The van der Waals surface area contributed by atoms with Crippen molar-refractivity contribution in [2.45, 2.75) is 39.2 Å². The third-order valence-electron chi connectivity index (χ3n) is 3.09. The molecule has 0 aromatic carbocycles. The summed E-state index contributed by atoms with van der Waals surface area (Å²) in [5, 5.41) is 7.47. The molecule has 1 aliphatic rings. The van der Waals surface area contributed by atoms with Crippen LogP contribution < -0.4 is 10.9 Å². The molecule has 1 aromatic rings. The van der Waals surface area contributed by atoms with Crippen molar-refractivity contribution in [2.75, 3.05) is 11.9 Å². The van der Waals surface area contributed by atoms with Crippen LogP contribution in [-0.2, 0) is 6.54 Å². The van der Waals surface area contributed by atoms with Crippen LogP contribution in [0.2, 0.25) is 5.02 Å². The Morgan fingerprint density at radius 2 is 2.35 bits per heavy atom. The molecule has 17 heavy (non-hydrogen) atoms. The van der Waals surface area contributed by atoms with Gasteiger partial charge in [-0.25, -0.2) is 4.68 Å². The van der Waals surface area contributed by atoms with E-state index >= 15 is 0 Å². The summed E-state index contributed by atoms with van der Waals surface area (Å²) in [6.45, 7) is 3.27. The quantitative estimate of drug-likeness (QED) is 0.795. The zero-order valence-electron chi connectivity index (χ0n) is 10.1. The molecular formula is C12H18ClN3O. The first kappa shape index (κ1) is 12.4. The highest BCUT2D eigenvalue weighted by molar-refractivity contribution is 6.32. The Labute approximate surface area is 106 Å². The van der Waals surface area contributed by atoms with Crippen molar-refractivity contribution in [3.8, 4) is 0 Å². The van der Waals surface area contributed by atoms with Crippen LogP contribution in [-0.4, -0.2) is 16.3 Å². The number of rotatable bonds is 6. The standard InChI is InChI=1S/C12H18ClN3O/c1-2-16-12(17)11(13)10(8-15-16)14-7-3-4-9-5-6-9/h8-9,14H,2-7H2,1H3. The van der Waals surface area contributed by atoms with E-state index < -0.39 is 0 Å². The minimum absolute atomic E-state index is 0.221. The predicted octanol–water partition coefficient (Wildman–Crippen LogP) is 2.52. The monoisotopic (exact) mass is 255 g/mol. The lowest BCUT2D eigenvalue weighted by Gasteiger charge is -2.08. The maximum absolute atomic E-state index is 11.7. The number of aromatic nitrogens is 2. The van der Waals surface area contributed by atoms with Crippen LogP contribution in [0.4, 0.5) is 5.69 Å². The van der Waals surface area contributed by atoms with Crippen LogP contribution >= 0.6 is 11.6 Å². The van der Waals surface area contributed by atoms with Gasteiger partial charge in [0.25, 0.3) is 5.56 Å². The molecule has 5 heteroatoms. The van der Waals surface area contributed by atoms with Crippen LogP contribution in [0.15, 0.2) is 11.0 Å². The highest BCUT2D eigenvalue weighted by Crippen LogP contribution is 2.33. The van der Waals surface area contributed by atoms with Gasteiger partial charge in [-0.1, -0.05) is 24.4 Å². The molecule has 1 fully saturated rings. The average molecular weight is 256 g/mol. The first-order chi connectivity index (χ1) is 8.22. The molecule has 0 aliphatic heterocycles. The molecule has 0 radical (unpaired) electrons. The fourth-order valence-corrected chi connectivity index (χ4v) is 2.05. The summed E-state index contributed by atoms with van der Waals surface area (Å²) < 4.78 is 1.36. The molecular weight excluding hydrogens is 238 g/mol. The number of aryl methyl sites for hydroxylation is 1. The highest BCUT2D eigenvalue weighted by Gasteiger charge is 2.20. The van der Waals surface area contributed by atoms with Crippen molar-refractivity contribution in [1.82, 2.24) is 9.78 Å². The second-order valence-electron chi connectivity index (χ2n) is 4.51. The van der Waals surface area contributed by atoms with Crippen molar-refractivity contribution in [1.29, 1.82) is 0 Å². The van der Waals surface area contributed by atoms with Crippen LogP contribution in [0.1, 0.15) is 32.6 Å². The number of hydrogen-bond acceptors (Lipinski definition) is 3. The van der Waals surface area contributed by atoms with Gasteiger partial charge in [0.2, 0.25) is 0 Å². The summed E-state index contributed by atoms with van der Waals surface area (Å²) in [6.07, 6.45) is 6.79. The van der Waals surface area contributed by atoms with Crippen molar-refractivity contribution >= 4 is 17.3 Å². The molecule has 94 valence electrons. The Morgan fingerprint density at radius 1 is 1.59 bits per heavy atom. The molecule has 1 aromatic heterocycles. The van der Waals surface area contributed by atoms with E-state index in [0.29, 0.717) is 12.2 Å². The van der Waals surface area contributed by atoms with E-state index in [1.165, 1.54) is 23.9 Å². The van der Waals surface area contributed by atoms with Crippen molar-refractivity contribution in [3.63, 3.8) is 0 Å². The van der Waals surface area contributed by atoms with Crippen LogP contribution in [0.3, 0.4) is 0 Å². The summed E-state index contributed by atoms with van der Waals surface area (Å²) >= 11 is 6.00. The maximum Gasteiger partial charge on any atom is 0.287 e. The molecule has 1 heterocycles. The molecule has 1 saturated carbocycles. The Bertz CT molecular complexity index is 440. The molecule has 0 unspecified atom stereocenters. The third kappa shape index (κ3) is 3.22. The van der Waals surface area contributed by atoms with E-state index in [1.807, 2.05) is 6.92 Å². The number of halogens is 1. The normalized spacial score (nSPS) is 14.9.